The lowest BCUT2D eigenvalue weighted by molar-refractivity contribution is 0.0717. The molecule has 0 aliphatic carbocycles. The number of hydrogen-bond acceptors (Lipinski definition) is 7. The molecule has 0 unspecified atom stereocenters. The summed E-state index contributed by atoms with van der Waals surface area (Å²) in [7, 11) is 0. The molecule has 3 aromatic rings. The van der Waals surface area contributed by atoms with Gasteiger partial charge >= 0.3 is 0 Å². The SMILES string of the molecule is O=C(c1ccoc1)N1CCC(Nc2ccc3nnnn3n2)CC1. The van der Waals surface area contributed by atoms with Gasteiger partial charge in [-0.1, -0.05) is 0 Å². The molecule has 0 bridgehead atoms. The third-order valence-corrected chi connectivity index (χ3v) is 3.97. The number of rotatable bonds is 3. The van der Waals surface area contributed by atoms with Crippen molar-refractivity contribution in [2.45, 2.75) is 18.9 Å². The Hall–Kier alpha value is -2.97. The molecule has 1 aliphatic rings. The number of likely N-dealkylation sites (tertiary alicyclic amines) is 1. The van der Waals surface area contributed by atoms with E-state index in [4.69, 9.17) is 4.42 Å². The molecule has 1 amide bonds. The third-order valence-electron chi connectivity index (χ3n) is 3.97. The summed E-state index contributed by atoms with van der Waals surface area (Å²) < 4.78 is 6.36. The second-order valence-corrected chi connectivity index (χ2v) is 5.47. The van der Waals surface area contributed by atoms with Crippen molar-refractivity contribution in [1.82, 2.24) is 30.2 Å². The van der Waals surface area contributed by atoms with Crippen LogP contribution in [-0.2, 0) is 0 Å². The van der Waals surface area contributed by atoms with Crippen molar-refractivity contribution in [2.75, 3.05) is 18.4 Å². The van der Waals surface area contributed by atoms with Crippen molar-refractivity contribution < 1.29 is 9.21 Å². The van der Waals surface area contributed by atoms with Crippen molar-refractivity contribution in [2.24, 2.45) is 0 Å². The number of furan rings is 1. The lowest BCUT2D eigenvalue weighted by Crippen LogP contribution is -2.42. The molecule has 0 saturated carbocycles. The zero-order valence-electron chi connectivity index (χ0n) is 12.3. The van der Waals surface area contributed by atoms with Gasteiger partial charge in [-0.25, -0.2) is 0 Å². The maximum absolute atomic E-state index is 12.3. The summed E-state index contributed by atoms with van der Waals surface area (Å²) in [6.07, 6.45) is 4.72. The normalized spacial score (nSPS) is 15.9. The van der Waals surface area contributed by atoms with Crippen molar-refractivity contribution in [1.29, 1.82) is 0 Å². The number of aromatic nitrogens is 5. The van der Waals surface area contributed by atoms with Crippen LogP contribution in [0.4, 0.5) is 5.82 Å². The molecule has 0 aromatic carbocycles. The average Bonchev–Trinajstić information content (AvgIpc) is 3.26. The van der Waals surface area contributed by atoms with Gasteiger partial charge in [0.2, 0.25) is 0 Å². The molecule has 4 rings (SSSR count). The van der Waals surface area contributed by atoms with E-state index in [1.807, 2.05) is 17.0 Å². The molecule has 4 heterocycles. The van der Waals surface area contributed by atoms with Crippen LogP contribution in [0.25, 0.3) is 5.65 Å². The van der Waals surface area contributed by atoms with Gasteiger partial charge < -0.3 is 14.6 Å². The van der Waals surface area contributed by atoms with Crippen LogP contribution in [0.5, 0.6) is 0 Å². The fraction of sp³-hybridized carbons (Fsp3) is 0.357. The highest BCUT2D eigenvalue weighted by molar-refractivity contribution is 5.93. The first-order chi connectivity index (χ1) is 11.3. The average molecular weight is 313 g/mol. The highest BCUT2D eigenvalue weighted by Gasteiger charge is 2.24. The highest BCUT2D eigenvalue weighted by Crippen LogP contribution is 2.17. The number of nitrogens with zero attached hydrogens (tertiary/aromatic N) is 6. The van der Waals surface area contributed by atoms with Crippen LogP contribution in [0.3, 0.4) is 0 Å². The van der Waals surface area contributed by atoms with Crippen LogP contribution in [0.15, 0.2) is 35.1 Å². The second kappa shape index (κ2) is 5.67. The Bertz CT molecular complexity index is 806. The largest absolute Gasteiger partial charge is 0.472 e. The van der Waals surface area contributed by atoms with Crippen LogP contribution >= 0.6 is 0 Å². The van der Waals surface area contributed by atoms with Crippen molar-refractivity contribution >= 4 is 17.4 Å². The van der Waals surface area contributed by atoms with E-state index in [9.17, 15) is 4.79 Å². The minimum absolute atomic E-state index is 0.0189. The molecule has 3 aromatic heterocycles. The molecular weight excluding hydrogens is 298 g/mol. The molecular formula is C14H15N7O2. The van der Waals surface area contributed by atoms with Gasteiger partial charge in [-0.3, -0.25) is 4.79 Å². The van der Waals surface area contributed by atoms with Gasteiger partial charge in [0, 0.05) is 19.1 Å². The molecule has 9 nitrogen and oxygen atoms in total. The van der Waals surface area contributed by atoms with Gasteiger partial charge in [-0.15, -0.1) is 14.8 Å². The summed E-state index contributed by atoms with van der Waals surface area (Å²) in [5.74, 6) is 0.745. The van der Waals surface area contributed by atoms with E-state index >= 15 is 0 Å². The van der Waals surface area contributed by atoms with E-state index in [1.165, 1.54) is 17.2 Å². The van der Waals surface area contributed by atoms with Crippen LogP contribution in [-0.4, -0.2) is 55.2 Å². The Balaban J connectivity index is 1.37. The lowest BCUT2D eigenvalue weighted by Gasteiger charge is -2.32. The Morgan fingerprint density at radius 1 is 1.26 bits per heavy atom. The Morgan fingerprint density at radius 3 is 2.91 bits per heavy atom. The number of amides is 1. The van der Waals surface area contributed by atoms with Crippen molar-refractivity contribution in [3.8, 4) is 0 Å². The fourth-order valence-electron chi connectivity index (χ4n) is 2.73. The summed E-state index contributed by atoms with van der Waals surface area (Å²) in [6, 6.07) is 5.63. The van der Waals surface area contributed by atoms with Gasteiger partial charge in [0.25, 0.3) is 5.91 Å². The predicted molar refractivity (Wildman–Crippen MR) is 79.8 cm³/mol. The minimum Gasteiger partial charge on any atom is -0.472 e. The summed E-state index contributed by atoms with van der Waals surface area (Å²) in [6.45, 7) is 1.41. The number of tetrazole rings is 1. The molecule has 1 saturated heterocycles. The first kappa shape index (κ1) is 13.7. The molecule has 1 fully saturated rings. The Labute approximate surface area is 131 Å². The fourth-order valence-corrected chi connectivity index (χ4v) is 2.73. The molecule has 23 heavy (non-hydrogen) atoms. The van der Waals surface area contributed by atoms with Crippen LogP contribution in [0.1, 0.15) is 23.2 Å². The van der Waals surface area contributed by atoms with E-state index in [0.717, 1.165) is 18.7 Å². The molecule has 118 valence electrons. The number of anilines is 1. The summed E-state index contributed by atoms with van der Waals surface area (Å²) in [5.41, 5.74) is 1.21. The number of carbonyl (C=O) groups is 1. The van der Waals surface area contributed by atoms with Crippen LogP contribution in [0.2, 0.25) is 0 Å². The summed E-state index contributed by atoms with van der Waals surface area (Å²) >= 11 is 0. The molecule has 1 aliphatic heterocycles. The van der Waals surface area contributed by atoms with Gasteiger partial charge in [0.1, 0.15) is 12.1 Å². The summed E-state index contributed by atoms with van der Waals surface area (Å²) in [4.78, 5) is 14.1. The highest BCUT2D eigenvalue weighted by atomic mass is 16.3. The Kier molecular flexibility index (Phi) is 3.37. The molecule has 0 radical (unpaired) electrons. The van der Waals surface area contributed by atoms with E-state index < -0.39 is 0 Å². The number of nitrogens with one attached hydrogen (secondary N) is 1. The second-order valence-electron chi connectivity index (χ2n) is 5.47. The minimum atomic E-state index is 0.0189. The first-order valence-electron chi connectivity index (χ1n) is 7.43. The topological polar surface area (TPSA) is 101 Å². The zero-order chi connectivity index (χ0) is 15.6. The number of hydrogen-bond donors (Lipinski definition) is 1. The quantitative estimate of drug-likeness (QED) is 0.764. The molecule has 9 heteroatoms. The smallest absolute Gasteiger partial charge is 0.257 e. The zero-order valence-corrected chi connectivity index (χ0v) is 12.3. The maximum atomic E-state index is 12.3. The Morgan fingerprint density at radius 2 is 2.13 bits per heavy atom. The van der Waals surface area contributed by atoms with Crippen molar-refractivity contribution in [3.63, 3.8) is 0 Å². The molecule has 0 atom stereocenters. The molecule has 1 N–H and O–H groups in total. The number of fused-ring (bicyclic) bond motifs is 1. The monoisotopic (exact) mass is 313 g/mol. The maximum Gasteiger partial charge on any atom is 0.257 e. The predicted octanol–water partition coefficient (Wildman–Crippen LogP) is 0.829. The standard InChI is InChI=1S/C14H15N7O2/c22-14(10-5-8-23-9-10)20-6-3-11(4-7-20)15-12-1-2-13-16-18-19-21(13)17-12/h1-2,5,8-9,11H,3-4,6-7H2,(H,15,17). The van der Waals surface area contributed by atoms with Gasteiger partial charge in [-0.05, 0) is 41.5 Å². The van der Waals surface area contributed by atoms with Crippen LogP contribution in [0, 0.1) is 0 Å². The number of carbonyl (C=O) groups excluding carboxylic acids is 1. The van der Waals surface area contributed by atoms with Gasteiger partial charge in [0.15, 0.2) is 5.65 Å². The van der Waals surface area contributed by atoms with E-state index in [1.54, 1.807) is 6.07 Å². The summed E-state index contributed by atoms with van der Waals surface area (Å²) in [5, 5.41) is 18.8. The third kappa shape index (κ3) is 2.72. The molecule has 0 spiro atoms. The van der Waals surface area contributed by atoms with Crippen LogP contribution < -0.4 is 5.32 Å². The van der Waals surface area contributed by atoms with Gasteiger partial charge in [-0.2, -0.15) is 0 Å². The van der Waals surface area contributed by atoms with Crippen molar-refractivity contribution in [3.05, 3.63) is 36.3 Å². The number of piperidine rings is 1. The van der Waals surface area contributed by atoms with E-state index in [2.05, 4.69) is 25.9 Å². The lowest BCUT2D eigenvalue weighted by atomic mass is 10.0. The van der Waals surface area contributed by atoms with E-state index in [0.29, 0.717) is 24.3 Å². The van der Waals surface area contributed by atoms with E-state index in [-0.39, 0.29) is 11.9 Å². The first-order valence-corrected chi connectivity index (χ1v) is 7.43. The van der Waals surface area contributed by atoms with Gasteiger partial charge in [0.05, 0.1) is 11.8 Å².